The van der Waals surface area contributed by atoms with Crippen LogP contribution in [0.25, 0.3) is 22.3 Å². The zero-order valence-corrected chi connectivity index (χ0v) is 46.5. The number of hydrogen-bond donors (Lipinski definition) is 15. The standard InChI is InChI=1S/C38H48N16O28P4/c39-15-1-3-51(37(62)45-15)31-20(56)19(55)11(76-31)6-73-84(66,67)82-26-14(79-34(23(26)59)54-10-44-18-28(54)48-36(42)50-30(18)61)8-75-86(70,71)81-25-13(78-32(21(25)57)52-4-2-16(40)46-38(52)63)7-74-85(68,69)80-24-12(5-72-83(64)65)77-33(22(24)58)53-9-43-17-27(53)47-35(41)49-29(17)60/h1-4,9-14,19-26,31-34,55-59H,5-8H2,(H13-,39,40,41,42,45,46,47,48,49,50,60,61,62,63,64,65,66,67,68,69,70,71)/p+1/t11-,12-,13-,14-,19-,20-,21-,22-,23-,24-,25-,26-,31-,32-,33-,34-/m1/s1. The number of nitrogens with zero attached hydrogens (tertiary/aromatic N) is 10. The van der Waals surface area contributed by atoms with Crippen molar-refractivity contribution in [2.24, 2.45) is 0 Å². The number of fused-ring (bicyclic) bond motifs is 2. The Balaban J connectivity index is 0.870. The number of aromatic amines is 2. The largest absolute Gasteiger partial charge is 0.694 e. The van der Waals surface area contributed by atoms with E-state index in [-0.39, 0.29) is 34.0 Å². The van der Waals surface area contributed by atoms with Crippen molar-refractivity contribution in [3.8, 4) is 0 Å². The topological polar surface area (TPSA) is 653 Å². The van der Waals surface area contributed by atoms with Gasteiger partial charge >= 0.3 is 43.1 Å². The summed E-state index contributed by atoms with van der Waals surface area (Å²) in [6, 6.07) is 2.24. The summed E-state index contributed by atoms with van der Waals surface area (Å²) >= 11 is 0. The van der Waals surface area contributed by atoms with Crippen LogP contribution in [-0.4, -0.2) is 203 Å². The Morgan fingerprint density at radius 2 is 0.872 bits per heavy atom. The average Bonchev–Trinajstić information content (AvgIpc) is 1.88. The summed E-state index contributed by atoms with van der Waals surface area (Å²) in [6.07, 6.45) is -27.2. The second-order valence-electron chi connectivity index (χ2n) is 18.9. The molecule has 468 valence electrons. The molecule has 19 N–H and O–H groups in total. The van der Waals surface area contributed by atoms with E-state index in [4.69, 9.17) is 73.5 Å². The molecule has 20 atom stereocenters. The molecule has 4 unspecified atom stereocenters. The summed E-state index contributed by atoms with van der Waals surface area (Å²) < 4.78 is 115. The van der Waals surface area contributed by atoms with Gasteiger partial charge in [0.1, 0.15) is 91.5 Å². The number of aromatic nitrogens is 12. The molecule has 4 aliphatic rings. The lowest BCUT2D eigenvalue weighted by Crippen LogP contribution is -2.39. The Morgan fingerprint density at radius 1 is 0.523 bits per heavy atom. The summed E-state index contributed by atoms with van der Waals surface area (Å²) in [5.74, 6) is -1.35. The second-order valence-corrected chi connectivity index (χ2v) is 23.8. The lowest BCUT2D eigenvalue weighted by molar-refractivity contribution is -0.0645. The van der Waals surface area contributed by atoms with Gasteiger partial charge in [-0.15, -0.1) is 9.42 Å². The van der Waals surface area contributed by atoms with Crippen LogP contribution in [0.1, 0.15) is 24.9 Å². The van der Waals surface area contributed by atoms with E-state index in [0.717, 1.165) is 44.8 Å². The van der Waals surface area contributed by atoms with Crippen molar-refractivity contribution < 1.29 is 114 Å². The molecular formula is C38H49N16O28P4+. The molecule has 10 rings (SSSR count). The zero-order chi connectivity index (χ0) is 62.1. The van der Waals surface area contributed by atoms with E-state index in [1.165, 1.54) is 6.07 Å². The number of hydrogen-bond acceptors (Lipinski definition) is 34. The number of rotatable bonds is 22. The normalized spacial score (nSPS) is 31.8. The second kappa shape index (κ2) is 24.3. The van der Waals surface area contributed by atoms with E-state index >= 15 is 0 Å². The predicted octanol–water partition coefficient (Wildman–Crippen LogP) is -6.34. The molecule has 86 heavy (non-hydrogen) atoms. The van der Waals surface area contributed by atoms with E-state index in [1.807, 2.05) is 0 Å². The molecule has 4 aliphatic heterocycles. The van der Waals surface area contributed by atoms with Crippen molar-refractivity contribution in [2.75, 3.05) is 49.4 Å². The molecule has 0 amide bonds. The highest BCUT2D eigenvalue weighted by molar-refractivity contribution is 7.48. The minimum absolute atomic E-state index is 0.191. The van der Waals surface area contributed by atoms with E-state index in [1.54, 1.807) is 0 Å². The van der Waals surface area contributed by atoms with E-state index in [9.17, 15) is 82.5 Å². The Labute approximate surface area is 475 Å². The molecular weight excluding hydrogens is 1250 g/mol. The van der Waals surface area contributed by atoms with Crippen LogP contribution in [-0.2, 0) is 68.9 Å². The number of nitrogen functional groups attached to an aromatic ring is 4. The molecule has 4 saturated heterocycles. The fraction of sp³-hybridized carbons (Fsp3) is 0.526. The summed E-state index contributed by atoms with van der Waals surface area (Å²) in [7, 11) is -20.4. The summed E-state index contributed by atoms with van der Waals surface area (Å²) in [5.41, 5.74) is 17.4. The molecule has 4 fully saturated rings. The maximum Gasteiger partial charge on any atom is 0.694 e. The van der Waals surface area contributed by atoms with Crippen LogP contribution in [0, 0.1) is 0 Å². The smallest absolute Gasteiger partial charge is 0.387 e. The Morgan fingerprint density at radius 3 is 1.26 bits per heavy atom. The number of aliphatic hydroxyl groups is 5. The molecule has 44 nitrogen and oxygen atoms in total. The van der Waals surface area contributed by atoms with Crippen LogP contribution >= 0.6 is 31.7 Å². The van der Waals surface area contributed by atoms with Crippen LogP contribution in [0.2, 0.25) is 0 Å². The maximum atomic E-state index is 14.0. The summed E-state index contributed by atoms with van der Waals surface area (Å²) in [4.78, 5) is 121. The van der Waals surface area contributed by atoms with Crippen molar-refractivity contribution in [1.29, 1.82) is 0 Å². The average molecular weight is 1300 g/mol. The third-order valence-corrected chi connectivity index (χ3v) is 16.6. The quantitative estimate of drug-likeness (QED) is 0.0281. The number of H-pyrrole nitrogens is 2. The summed E-state index contributed by atoms with van der Waals surface area (Å²) in [6.45, 7) is -4.56. The third kappa shape index (κ3) is 13.0. The van der Waals surface area contributed by atoms with Crippen LogP contribution in [0.3, 0.4) is 0 Å². The Bertz CT molecular complexity index is 3940. The molecule has 0 saturated carbocycles. The van der Waals surface area contributed by atoms with Crippen LogP contribution in [0.4, 0.5) is 23.5 Å². The summed E-state index contributed by atoms with van der Waals surface area (Å²) in [5, 5.41) is 56.2. The molecule has 0 aliphatic carbocycles. The van der Waals surface area contributed by atoms with Gasteiger partial charge in [0, 0.05) is 17.0 Å². The number of nitrogens with one attached hydrogen (secondary N) is 2. The highest BCUT2D eigenvalue weighted by atomic mass is 31.2. The van der Waals surface area contributed by atoms with Gasteiger partial charge in [0.05, 0.1) is 32.5 Å². The monoisotopic (exact) mass is 1300 g/mol. The van der Waals surface area contributed by atoms with Gasteiger partial charge in [-0.05, 0) is 12.1 Å². The van der Waals surface area contributed by atoms with Gasteiger partial charge in [-0.1, -0.05) is 0 Å². The van der Waals surface area contributed by atoms with Crippen LogP contribution < -0.4 is 45.4 Å². The van der Waals surface area contributed by atoms with E-state index in [2.05, 4.69) is 39.9 Å². The van der Waals surface area contributed by atoms with Crippen molar-refractivity contribution in [3.63, 3.8) is 0 Å². The number of nitrogens with two attached hydrogens (primary N) is 4. The van der Waals surface area contributed by atoms with Gasteiger partial charge in [0.25, 0.3) is 11.1 Å². The van der Waals surface area contributed by atoms with Crippen molar-refractivity contribution in [2.45, 2.75) is 98.2 Å². The lowest BCUT2D eigenvalue weighted by atomic mass is 10.1. The van der Waals surface area contributed by atoms with E-state index in [0.29, 0.717) is 4.57 Å². The van der Waals surface area contributed by atoms with Gasteiger partial charge in [-0.25, -0.2) is 33.3 Å². The first-order valence-corrected chi connectivity index (χ1v) is 30.0. The van der Waals surface area contributed by atoms with Crippen LogP contribution in [0.5, 0.6) is 0 Å². The van der Waals surface area contributed by atoms with Crippen LogP contribution in [0.15, 0.2) is 56.4 Å². The van der Waals surface area contributed by atoms with Gasteiger partial charge in [-0.3, -0.25) is 65.0 Å². The molecule has 0 bridgehead atoms. The van der Waals surface area contributed by atoms with Gasteiger partial charge in [0.2, 0.25) is 11.9 Å². The molecule has 10 heterocycles. The predicted molar refractivity (Wildman–Crippen MR) is 274 cm³/mol. The zero-order valence-electron chi connectivity index (χ0n) is 42.9. The highest BCUT2D eigenvalue weighted by Crippen LogP contribution is 2.54. The first kappa shape index (κ1) is 62.7. The molecule has 48 heteroatoms. The van der Waals surface area contributed by atoms with E-state index < -0.39 is 191 Å². The highest BCUT2D eigenvalue weighted by Gasteiger charge is 2.55. The minimum Gasteiger partial charge on any atom is -0.387 e. The SMILES string of the molecule is Nc1ccn([C@@H]2O[C@H](COP(=O)(O)O[C@H]3[C@@H](O)[C@H](n4cnc5c(=O)[nH]c(N)nc54)O[C@@H]3COP(=O)(O)O[C@H]3[C@@H](O)[C@H](n4ccc(N)nc4=O)O[C@@H]3COP(=O)(O)O[C@H]3[C@@H](O)[C@H](n4cnc5c(=O)[nH]c(N)nc54)O[C@@H]3CO[P+](=O)O)[C@@H](O)[C@H]2O)c(=O)n1. The molecule has 0 aromatic carbocycles. The fourth-order valence-corrected chi connectivity index (χ4v) is 12.6. The maximum absolute atomic E-state index is 14.0. The number of phosphoric acid groups is 3. The lowest BCUT2D eigenvalue weighted by Gasteiger charge is -2.26. The number of imidazole rings is 2. The Kier molecular flexibility index (Phi) is 17.7. The number of anilines is 4. The van der Waals surface area contributed by atoms with Gasteiger partial charge in [-0.2, -0.15) is 19.9 Å². The molecule has 0 spiro atoms. The van der Waals surface area contributed by atoms with Gasteiger partial charge in [0.15, 0.2) is 47.2 Å². The fourth-order valence-electron chi connectivity index (χ4n) is 9.43. The number of phosphoric ester groups is 3. The number of aliphatic hydroxyl groups excluding tert-OH is 5. The third-order valence-electron chi connectivity index (χ3n) is 13.3. The molecule has 6 aromatic heterocycles. The Hall–Kier alpha value is -6.35. The first-order valence-electron chi connectivity index (χ1n) is 24.4. The molecule has 6 aromatic rings. The first-order chi connectivity index (χ1) is 40.5. The number of ether oxygens (including phenoxy) is 4. The van der Waals surface area contributed by atoms with Crippen molar-refractivity contribution in [3.05, 3.63) is 78.9 Å². The van der Waals surface area contributed by atoms with Crippen molar-refractivity contribution in [1.82, 2.24) is 58.1 Å². The molecule has 0 radical (unpaired) electrons. The van der Waals surface area contributed by atoms with Gasteiger partial charge < -0.3 is 82.1 Å². The minimum atomic E-state index is -5.80. The van der Waals surface area contributed by atoms with Crippen molar-refractivity contribution >= 4 is 77.6 Å².